The van der Waals surface area contributed by atoms with Gasteiger partial charge < -0.3 is 10.0 Å². The molecule has 1 aliphatic heterocycles. The van der Waals surface area contributed by atoms with Crippen LogP contribution in [0.25, 0.3) is 0 Å². The maximum atomic E-state index is 12.8. The zero-order valence-electron chi connectivity index (χ0n) is 18.2. The first-order valence-electron chi connectivity index (χ1n) is 9.85. The molecular weight excluding hydrogens is 440 g/mol. The third-order valence-electron chi connectivity index (χ3n) is 4.58. The molecule has 0 radical (unpaired) electrons. The predicted molar refractivity (Wildman–Crippen MR) is 124 cm³/mol. The fraction of sp³-hybridized carbons (Fsp3) is 0.429. The second-order valence-electron chi connectivity index (χ2n) is 6.73. The smallest absolute Gasteiger partial charge is 0.222 e. The first kappa shape index (κ1) is 26.7. The van der Waals surface area contributed by atoms with Crippen molar-refractivity contribution >= 4 is 21.6 Å². The van der Waals surface area contributed by atoms with Crippen LogP contribution in [0.4, 0.5) is 0 Å². The van der Waals surface area contributed by atoms with E-state index in [9.17, 15) is 13.5 Å². The molecule has 0 saturated carbocycles. The highest BCUT2D eigenvalue weighted by molar-refractivity contribution is 7.89. The van der Waals surface area contributed by atoms with Crippen molar-refractivity contribution in [2.24, 2.45) is 0 Å². The summed E-state index contributed by atoms with van der Waals surface area (Å²) >= 11 is 5.12. The topological polar surface area (TPSA) is 99.8 Å². The summed E-state index contributed by atoms with van der Waals surface area (Å²) in [6.45, 7) is 14.5. The van der Waals surface area contributed by atoms with E-state index in [2.05, 4.69) is 28.1 Å². The van der Waals surface area contributed by atoms with Crippen molar-refractivity contribution in [3.63, 3.8) is 0 Å². The van der Waals surface area contributed by atoms with Gasteiger partial charge in [0.2, 0.25) is 10.0 Å². The van der Waals surface area contributed by atoms with Gasteiger partial charge in [0.05, 0.1) is 0 Å². The first-order valence-corrected chi connectivity index (χ1v) is 11.8. The lowest BCUT2D eigenvalue weighted by Gasteiger charge is -2.36. The fourth-order valence-electron chi connectivity index (χ4n) is 2.75. The average Bonchev–Trinajstić information content (AvgIpc) is 3.18. The van der Waals surface area contributed by atoms with Crippen molar-refractivity contribution in [2.75, 3.05) is 26.2 Å². The van der Waals surface area contributed by atoms with Gasteiger partial charge in [-0.25, -0.2) is 13.0 Å². The van der Waals surface area contributed by atoms with E-state index < -0.39 is 15.3 Å². The van der Waals surface area contributed by atoms with Gasteiger partial charge in [-0.3, -0.25) is 0 Å². The maximum Gasteiger partial charge on any atom is 0.222 e. The normalized spacial score (nSPS) is 16.9. The monoisotopic (exact) mass is 470 g/mol. The van der Waals surface area contributed by atoms with Crippen molar-refractivity contribution in [3.05, 3.63) is 71.9 Å². The molecule has 0 amide bonds. The lowest BCUT2D eigenvalue weighted by molar-refractivity contribution is 0.233. The number of halogens is 1. The largest absolute Gasteiger partial charge is 0.508 e. The lowest BCUT2D eigenvalue weighted by atomic mass is 10.3. The number of aliphatic hydroxyl groups is 1. The van der Waals surface area contributed by atoms with Crippen LogP contribution in [0.1, 0.15) is 36.9 Å². The molecule has 0 bridgehead atoms. The molecule has 1 atom stereocenters. The second kappa shape index (κ2) is 13.1. The van der Waals surface area contributed by atoms with Crippen LogP contribution in [-0.4, -0.2) is 59.2 Å². The molecule has 1 aromatic rings. The van der Waals surface area contributed by atoms with Gasteiger partial charge in [-0.05, 0) is 38.5 Å². The summed E-state index contributed by atoms with van der Waals surface area (Å²) < 4.78 is 31.7. The minimum Gasteiger partial charge on any atom is -0.508 e. The first-order chi connectivity index (χ1) is 14.7. The Labute approximate surface area is 189 Å². The third kappa shape index (κ3) is 8.01. The number of rotatable bonds is 8. The summed E-state index contributed by atoms with van der Waals surface area (Å²) in [6, 6.07) is 0. The zero-order chi connectivity index (χ0) is 23.4. The van der Waals surface area contributed by atoms with Crippen molar-refractivity contribution in [3.8, 4) is 0 Å². The number of aryl methyl sites for hydroxylation is 1. The summed E-state index contributed by atoms with van der Waals surface area (Å²) in [4.78, 5) is 1.97. The van der Waals surface area contributed by atoms with Gasteiger partial charge in [-0.2, -0.15) is 4.31 Å². The average molecular weight is 471 g/mol. The van der Waals surface area contributed by atoms with E-state index in [1.54, 1.807) is 19.9 Å². The zero-order valence-corrected chi connectivity index (χ0v) is 19.8. The molecule has 1 fully saturated rings. The highest BCUT2D eigenvalue weighted by atomic mass is 35.5. The van der Waals surface area contributed by atoms with E-state index >= 15 is 0 Å². The van der Waals surface area contributed by atoms with Crippen LogP contribution in [0, 0.1) is 6.92 Å². The molecule has 1 aliphatic rings. The standard InChI is InChI=1S/C17H24N4O4S.C4H7Cl/c1-5-6-16(22)8-7-13(2)20-9-11-21(12-10-20)26(23,24)15(4)17-14(3)18-25-19-17;1-2-3-4-5/h5-8,15,22H,1-2,9-12H2,3-4H3;3-4H,2H2,1H3/b8-7-,16-6+;4-3+. The van der Waals surface area contributed by atoms with Gasteiger partial charge in [-0.1, -0.05) is 54.1 Å². The number of hydrogen-bond donors (Lipinski definition) is 1. The Morgan fingerprint density at radius 2 is 1.94 bits per heavy atom. The van der Waals surface area contributed by atoms with Crippen LogP contribution >= 0.6 is 11.6 Å². The van der Waals surface area contributed by atoms with E-state index in [4.69, 9.17) is 11.6 Å². The quantitative estimate of drug-likeness (QED) is 0.448. The Kier molecular flexibility index (Phi) is 11.3. The van der Waals surface area contributed by atoms with Crippen molar-refractivity contribution < 1.29 is 18.2 Å². The maximum absolute atomic E-state index is 12.8. The van der Waals surface area contributed by atoms with Gasteiger partial charge in [-0.15, -0.1) is 0 Å². The van der Waals surface area contributed by atoms with Gasteiger partial charge >= 0.3 is 0 Å². The molecule has 172 valence electrons. The van der Waals surface area contributed by atoms with E-state index in [0.29, 0.717) is 43.3 Å². The number of aliphatic hydroxyl groups excluding tert-OH is 1. The summed E-state index contributed by atoms with van der Waals surface area (Å²) in [5.74, 6) is 0.0766. The highest BCUT2D eigenvalue weighted by Gasteiger charge is 2.35. The minimum absolute atomic E-state index is 0.0766. The van der Waals surface area contributed by atoms with E-state index in [0.717, 1.165) is 6.42 Å². The molecule has 10 heteroatoms. The number of hydrogen-bond acceptors (Lipinski definition) is 7. The molecule has 1 saturated heterocycles. The Bertz CT molecular complexity index is 914. The number of nitrogens with zero attached hydrogens (tertiary/aromatic N) is 4. The molecular formula is C21H31ClN4O4S. The molecule has 1 unspecified atom stereocenters. The predicted octanol–water partition coefficient (Wildman–Crippen LogP) is 4.23. The van der Waals surface area contributed by atoms with Gasteiger partial charge in [0.25, 0.3) is 0 Å². The number of allylic oxidation sites excluding steroid dienone is 5. The highest BCUT2D eigenvalue weighted by Crippen LogP contribution is 2.26. The van der Waals surface area contributed by atoms with Crippen molar-refractivity contribution in [1.29, 1.82) is 0 Å². The SMILES string of the molecule is C=C/C=C(O)\C=C/C(=C)N1CCN(S(=O)(=O)C(C)c2nonc2C)CC1.CC/C=C/Cl. The van der Waals surface area contributed by atoms with Crippen molar-refractivity contribution in [2.45, 2.75) is 32.4 Å². The molecule has 8 nitrogen and oxygen atoms in total. The molecule has 1 N–H and O–H groups in total. The van der Waals surface area contributed by atoms with Crippen LogP contribution in [0.5, 0.6) is 0 Å². The van der Waals surface area contributed by atoms with E-state index in [1.807, 2.05) is 17.9 Å². The van der Waals surface area contributed by atoms with Crippen LogP contribution < -0.4 is 0 Å². The summed E-state index contributed by atoms with van der Waals surface area (Å²) in [6.07, 6.45) is 9.09. The fourth-order valence-corrected chi connectivity index (χ4v) is 4.55. The minimum atomic E-state index is -3.55. The van der Waals surface area contributed by atoms with Gasteiger partial charge in [0.1, 0.15) is 22.4 Å². The molecule has 0 aliphatic carbocycles. The summed E-state index contributed by atoms with van der Waals surface area (Å²) in [7, 11) is -3.55. The summed E-state index contributed by atoms with van der Waals surface area (Å²) in [5.41, 5.74) is 3.05. The van der Waals surface area contributed by atoms with Crippen LogP contribution in [0.2, 0.25) is 0 Å². The number of aromatic nitrogens is 2. The molecule has 31 heavy (non-hydrogen) atoms. The van der Waals surface area contributed by atoms with Crippen molar-refractivity contribution in [1.82, 2.24) is 19.5 Å². The van der Waals surface area contributed by atoms with E-state index in [-0.39, 0.29) is 5.76 Å². The molecule has 0 aromatic carbocycles. The second-order valence-corrected chi connectivity index (χ2v) is 9.24. The molecule has 1 aromatic heterocycles. The Hall–Kier alpha value is -2.36. The molecule has 0 spiro atoms. The Morgan fingerprint density at radius 1 is 1.29 bits per heavy atom. The third-order valence-corrected chi connectivity index (χ3v) is 6.96. The number of piperazine rings is 1. The van der Waals surface area contributed by atoms with E-state index in [1.165, 1.54) is 28.1 Å². The van der Waals surface area contributed by atoms with Gasteiger partial charge in [0.15, 0.2) is 0 Å². The summed E-state index contributed by atoms with van der Waals surface area (Å²) in [5, 5.41) is 16.1. The lowest BCUT2D eigenvalue weighted by Crippen LogP contribution is -2.48. The molecule has 2 heterocycles. The van der Waals surface area contributed by atoms with Crippen LogP contribution in [0.15, 0.2) is 65.2 Å². The van der Waals surface area contributed by atoms with Crippen LogP contribution in [-0.2, 0) is 10.0 Å². The van der Waals surface area contributed by atoms with Gasteiger partial charge in [0, 0.05) is 37.4 Å². The molecule has 2 rings (SSSR count). The van der Waals surface area contributed by atoms with Crippen LogP contribution in [0.3, 0.4) is 0 Å². The Balaban J connectivity index is 0.000000861. The number of sulfonamides is 1. The Morgan fingerprint density at radius 3 is 2.39 bits per heavy atom.